The second-order valence-electron chi connectivity index (χ2n) is 8.58. The molecule has 1 aliphatic carbocycles. The number of nitrogens with zero attached hydrogens (tertiary/aromatic N) is 1. The van der Waals surface area contributed by atoms with Gasteiger partial charge >= 0.3 is 0 Å². The zero-order valence-corrected chi connectivity index (χ0v) is 18.6. The Balaban J connectivity index is 1.38. The summed E-state index contributed by atoms with van der Waals surface area (Å²) in [5.41, 5.74) is 1.23. The molecule has 8 heteroatoms. The predicted molar refractivity (Wildman–Crippen MR) is 128 cm³/mol. The molecule has 1 heterocycles. The lowest BCUT2D eigenvalue weighted by atomic mass is 9.95. The first-order valence-corrected chi connectivity index (χ1v) is 11.4. The fraction of sp³-hybridized carbons (Fsp3) is 0.360. The molecule has 33 heavy (non-hydrogen) atoms. The second-order valence-corrected chi connectivity index (χ2v) is 8.58. The number of anilines is 1. The van der Waals surface area contributed by atoms with Crippen LogP contribution in [0.1, 0.15) is 54.4 Å². The molecule has 1 saturated carbocycles. The molecule has 3 aromatic rings. The van der Waals surface area contributed by atoms with E-state index in [9.17, 15) is 19.2 Å². The molecule has 8 nitrogen and oxygen atoms in total. The number of nitrogens with one attached hydrogen (secondary N) is 3. The molecule has 0 spiro atoms. The largest absolute Gasteiger partial charge is 0.349 e. The van der Waals surface area contributed by atoms with Crippen LogP contribution in [0.3, 0.4) is 0 Å². The van der Waals surface area contributed by atoms with Crippen molar-refractivity contribution in [2.24, 2.45) is 0 Å². The van der Waals surface area contributed by atoms with E-state index in [0.29, 0.717) is 22.0 Å². The lowest BCUT2D eigenvalue weighted by Gasteiger charge is -2.23. The van der Waals surface area contributed by atoms with Crippen LogP contribution in [-0.2, 0) is 11.3 Å². The number of hydrogen-bond donors (Lipinski definition) is 3. The Kier molecular flexibility index (Phi) is 6.72. The highest BCUT2D eigenvalue weighted by Crippen LogP contribution is 2.20. The summed E-state index contributed by atoms with van der Waals surface area (Å²) >= 11 is 0. The summed E-state index contributed by atoms with van der Waals surface area (Å²) in [5.74, 6) is -0.388. The van der Waals surface area contributed by atoms with Crippen LogP contribution in [0, 0.1) is 6.92 Å². The van der Waals surface area contributed by atoms with Crippen LogP contribution in [0.4, 0.5) is 5.69 Å². The lowest BCUT2D eigenvalue weighted by molar-refractivity contribution is -0.116. The number of aryl methyl sites for hydroxylation is 2. The smallest absolute Gasteiger partial charge is 0.273 e. The number of aromatic amines is 1. The van der Waals surface area contributed by atoms with E-state index in [1.54, 1.807) is 42.5 Å². The van der Waals surface area contributed by atoms with Gasteiger partial charge in [-0.05, 0) is 55.7 Å². The summed E-state index contributed by atoms with van der Waals surface area (Å²) in [6, 6.07) is 12.0. The number of carbonyl (C=O) groups excluding carboxylic acids is 2. The zero-order chi connectivity index (χ0) is 23.4. The van der Waals surface area contributed by atoms with Gasteiger partial charge in [0.25, 0.3) is 17.0 Å². The summed E-state index contributed by atoms with van der Waals surface area (Å²) in [7, 11) is 0. The summed E-state index contributed by atoms with van der Waals surface area (Å²) < 4.78 is 1.16. The minimum atomic E-state index is -0.372. The molecule has 2 amide bonds. The van der Waals surface area contributed by atoms with Crippen LogP contribution >= 0.6 is 0 Å². The van der Waals surface area contributed by atoms with Gasteiger partial charge in [0.05, 0.1) is 17.3 Å². The van der Waals surface area contributed by atoms with Crippen molar-refractivity contribution in [2.75, 3.05) is 5.32 Å². The molecule has 172 valence electrons. The Labute approximate surface area is 191 Å². The summed E-state index contributed by atoms with van der Waals surface area (Å²) in [6.45, 7) is 1.88. The minimum Gasteiger partial charge on any atom is -0.349 e. The number of fused-ring (bicyclic) bond motifs is 1. The summed E-state index contributed by atoms with van der Waals surface area (Å²) in [4.78, 5) is 49.8. The number of H-pyrrole nitrogens is 1. The molecule has 4 rings (SSSR count). The van der Waals surface area contributed by atoms with E-state index in [1.165, 1.54) is 6.42 Å². The van der Waals surface area contributed by atoms with Gasteiger partial charge in [-0.15, -0.1) is 0 Å². The van der Waals surface area contributed by atoms with Crippen LogP contribution in [0.5, 0.6) is 0 Å². The van der Waals surface area contributed by atoms with Crippen molar-refractivity contribution in [3.8, 4) is 0 Å². The standard InChI is InChI=1S/C25H28N4O4/c1-16-15-17(23(31)26-18-7-3-2-4-8-18)11-12-21(16)27-22(30)13-14-29-25(33)20-10-6-5-9-19(20)24(32)28-29/h5-6,9-12,15,18H,2-4,7-8,13-14H2,1H3,(H,26,31)(H,27,30)(H,28,32). The molecular weight excluding hydrogens is 420 g/mol. The van der Waals surface area contributed by atoms with Gasteiger partial charge in [0.2, 0.25) is 5.91 Å². The number of benzene rings is 2. The molecule has 0 aliphatic heterocycles. The van der Waals surface area contributed by atoms with E-state index in [2.05, 4.69) is 15.7 Å². The summed E-state index contributed by atoms with van der Waals surface area (Å²) in [5, 5.41) is 9.09. The van der Waals surface area contributed by atoms with Crippen LogP contribution in [-0.4, -0.2) is 27.6 Å². The normalized spacial score (nSPS) is 14.2. The van der Waals surface area contributed by atoms with Crippen LogP contribution in [0.15, 0.2) is 52.1 Å². The predicted octanol–water partition coefficient (Wildman–Crippen LogP) is 3.09. The number of aromatic nitrogens is 2. The molecule has 0 radical (unpaired) electrons. The monoisotopic (exact) mass is 448 g/mol. The number of rotatable bonds is 6. The fourth-order valence-electron chi connectivity index (χ4n) is 4.29. The van der Waals surface area contributed by atoms with E-state index in [4.69, 9.17) is 0 Å². The van der Waals surface area contributed by atoms with Gasteiger partial charge in [0.15, 0.2) is 0 Å². The molecule has 3 N–H and O–H groups in total. The van der Waals surface area contributed by atoms with Gasteiger partial charge in [-0.3, -0.25) is 24.3 Å². The molecular formula is C25H28N4O4. The van der Waals surface area contributed by atoms with Crippen molar-refractivity contribution in [1.82, 2.24) is 15.1 Å². The van der Waals surface area contributed by atoms with E-state index in [1.807, 2.05) is 6.92 Å². The molecule has 1 aromatic heterocycles. The van der Waals surface area contributed by atoms with Crippen molar-refractivity contribution in [3.63, 3.8) is 0 Å². The highest BCUT2D eigenvalue weighted by molar-refractivity contribution is 5.96. The Morgan fingerprint density at radius 1 is 1.03 bits per heavy atom. The van der Waals surface area contributed by atoms with Crippen molar-refractivity contribution in [3.05, 3.63) is 74.3 Å². The van der Waals surface area contributed by atoms with E-state index in [-0.39, 0.29) is 41.9 Å². The Hall–Kier alpha value is -3.68. The second kappa shape index (κ2) is 9.85. The van der Waals surface area contributed by atoms with Crippen molar-refractivity contribution >= 4 is 28.3 Å². The molecule has 1 fully saturated rings. The van der Waals surface area contributed by atoms with Gasteiger partial charge in [0.1, 0.15) is 0 Å². The average molecular weight is 449 g/mol. The molecule has 0 saturated heterocycles. The molecule has 1 aliphatic rings. The Morgan fingerprint density at radius 3 is 2.48 bits per heavy atom. The van der Waals surface area contributed by atoms with Gasteiger partial charge < -0.3 is 10.6 Å². The first-order chi connectivity index (χ1) is 15.9. The number of amides is 2. The average Bonchev–Trinajstić information content (AvgIpc) is 2.82. The fourth-order valence-corrected chi connectivity index (χ4v) is 4.29. The third-order valence-corrected chi connectivity index (χ3v) is 6.15. The van der Waals surface area contributed by atoms with E-state index in [0.717, 1.165) is 35.9 Å². The third-order valence-electron chi connectivity index (χ3n) is 6.15. The van der Waals surface area contributed by atoms with Crippen molar-refractivity contribution in [2.45, 2.75) is 58.0 Å². The van der Waals surface area contributed by atoms with Crippen LogP contribution < -0.4 is 21.8 Å². The zero-order valence-electron chi connectivity index (χ0n) is 18.6. The van der Waals surface area contributed by atoms with E-state index >= 15 is 0 Å². The highest BCUT2D eigenvalue weighted by Gasteiger charge is 2.17. The SMILES string of the molecule is Cc1cc(C(=O)NC2CCCCC2)ccc1NC(=O)CCn1[nH]c(=O)c2ccccc2c1=O. The number of hydrogen-bond acceptors (Lipinski definition) is 4. The Morgan fingerprint density at radius 2 is 1.76 bits per heavy atom. The third kappa shape index (κ3) is 5.22. The first-order valence-electron chi connectivity index (χ1n) is 11.4. The van der Waals surface area contributed by atoms with Gasteiger partial charge in [-0.1, -0.05) is 31.4 Å². The van der Waals surface area contributed by atoms with Crippen LogP contribution in [0.25, 0.3) is 10.8 Å². The lowest BCUT2D eigenvalue weighted by Crippen LogP contribution is -2.36. The number of carbonyl (C=O) groups is 2. The molecule has 0 bridgehead atoms. The summed E-state index contributed by atoms with van der Waals surface area (Å²) in [6.07, 6.45) is 5.57. The van der Waals surface area contributed by atoms with Gasteiger partial charge in [-0.25, -0.2) is 4.68 Å². The van der Waals surface area contributed by atoms with Gasteiger partial charge in [-0.2, -0.15) is 0 Å². The maximum atomic E-state index is 12.6. The highest BCUT2D eigenvalue weighted by atomic mass is 16.2. The quantitative estimate of drug-likeness (QED) is 0.538. The van der Waals surface area contributed by atoms with E-state index < -0.39 is 0 Å². The maximum Gasteiger partial charge on any atom is 0.273 e. The molecule has 0 atom stereocenters. The molecule has 0 unspecified atom stereocenters. The minimum absolute atomic E-state index is 0.0115. The van der Waals surface area contributed by atoms with Crippen molar-refractivity contribution < 1.29 is 9.59 Å². The van der Waals surface area contributed by atoms with Gasteiger partial charge in [0, 0.05) is 23.7 Å². The topological polar surface area (TPSA) is 113 Å². The van der Waals surface area contributed by atoms with Crippen LogP contribution in [0.2, 0.25) is 0 Å². The molecule has 2 aromatic carbocycles. The van der Waals surface area contributed by atoms with Crippen molar-refractivity contribution in [1.29, 1.82) is 0 Å². The Bertz CT molecular complexity index is 1300. The maximum absolute atomic E-state index is 12.6. The first kappa shape index (κ1) is 22.5.